The molecule has 1 aromatic heterocycles. The van der Waals surface area contributed by atoms with Crippen LogP contribution in [0.1, 0.15) is 12.8 Å². The number of hydrogen-bond donors (Lipinski definition) is 2. The zero-order valence-electron chi connectivity index (χ0n) is 9.97. The third kappa shape index (κ3) is 3.60. The molecule has 2 N–H and O–H groups in total. The predicted molar refractivity (Wildman–Crippen MR) is 72.9 cm³/mol. The summed E-state index contributed by atoms with van der Waals surface area (Å²) in [5.41, 5.74) is 0. The van der Waals surface area contributed by atoms with Gasteiger partial charge < -0.3 is 15.3 Å². The van der Waals surface area contributed by atoms with Crippen molar-refractivity contribution in [1.29, 1.82) is 0 Å². The highest BCUT2D eigenvalue weighted by atomic mass is 79.9. The molecule has 5 nitrogen and oxygen atoms in total. The van der Waals surface area contributed by atoms with E-state index in [1.54, 1.807) is 6.20 Å². The largest absolute Gasteiger partial charge is 0.465 e. The van der Waals surface area contributed by atoms with Crippen LogP contribution in [0.5, 0.6) is 0 Å². The van der Waals surface area contributed by atoms with Gasteiger partial charge in [-0.25, -0.2) is 9.78 Å². The van der Waals surface area contributed by atoms with Gasteiger partial charge in [0, 0.05) is 30.3 Å². The Bertz CT molecular complexity index is 402. The van der Waals surface area contributed by atoms with Crippen LogP contribution >= 0.6 is 15.9 Å². The molecule has 0 saturated carbocycles. The van der Waals surface area contributed by atoms with Crippen molar-refractivity contribution >= 4 is 27.8 Å². The molecule has 0 bridgehead atoms. The highest BCUT2D eigenvalue weighted by molar-refractivity contribution is 9.10. The highest BCUT2D eigenvalue weighted by Crippen LogP contribution is 2.22. The SMILES string of the molecule is O=C(O)NCC1CCN(c2ccc(Br)cn2)CC1. The summed E-state index contributed by atoms with van der Waals surface area (Å²) in [6.07, 6.45) is 2.86. The van der Waals surface area contributed by atoms with Crippen LogP contribution in [0.15, 0.2) is 22.8 Å². The summed E-state index contributed by atoms with van der Waals surface area (Å²) in [5, 5.41) is 11.0. The summed E-state index contributed by atoms with van der Waals surface area (Å²) in [4.78, 5) is 17.0. The number of hydrogen-bond acceptors (Lipinski definition) is 3. The minimum Gasteiger partial charge on any atom is -0.465 e. The van der Waals surface area contributed by atoms with E-state index < -0.39 is 6.09 Å². The third-order valence-corrected chi connectivity index (χ3v) is 3.66. The Morgan fingerprint density at radius 2 is 2.22 bits per heavy atom. The molecule has 18 heavy (non-hydrogen) atoms. The van der Waals surface area contributed by atoms with Crippen LogP contribution in [0, 0.1) is 5.92 Å². The summed E-state index contributed by atoms with van der Waals surface area (Å²) in [5.74, 6) is 1.43. The van der Waals surface area contributed by atoms with E-state index in [4.69, 9.17) is 5.11 Å². The highest BCUT2D eigenvalue weighted by Gasteiger charge is 2.20. The molecule has 1 fully saturated rings. The van der Waals surface area contributed by atoms with E-state index in [1.807, 2.05) is 12.1 Å². The second-order valence-corrected chi connectivity index (χ2v) is 5.37. The summed E-state index contributed by atoms with van der Waals surface area (Å²) < 4.78 is 0.979. The lowest BCUT2D eigenvalue weighted by molar-refractivity contribution is 0.191. The molecule has 1 aliphatic heterocycles. The Balaban J connectivity index is 1.83. The zero-order chi connectivity index (χ0) is 13.0. The van der Waals surface area contributed by atoms with Gasteiger partial charge in [0.25, 0.3) is 0 Å². The van der Waals surface area contributed by atoms with Gasteiger partial charge in [-0.05, 0) is 46.8 Å². The molecule has 1 saturated heterocycles. The molecule has 2 heterocycles. The van der Waals surface area contributed by atoms with Gasteiger partial charge in [0.2, 0.25) is 0 Å². The topological polar surface area (TPSA) is 65.5 Å². The average Bonchev–Trinajstić information content (AvgIpc) is 2.38. The number of anilines is 1. The van der Waals surface area contributed by atoms with E-state index in [0.29, 0.717) is 12.5 Å². The van der Waals surface area contributed by atoms with Crippen molar-refractivity contribution in [2.45, 2.75) is 12.8 Å². The van der Waals surface area contributed by atoms with Gasteiger partial charge in [-0.3, -0.25) is 0 Å². The molecular weight excluding hydrogens is 298 g/mol. The minimum absolute atomic E-state index is 0.438. The van der Waals surface area contributed by atoms with Crippen LogP contribution in [0.25, 0.3) is 0 Å². The Morgan fingerprint density at radius 1 is 1.50 bits per heavy atom. The van der Waals surface area contributed by atoms with Gasteiger partial charge in [-0.2, -0.15) is 0 Å². The Hall–Kier alpha value is -1.30. The molecule has 0 aromatic carbocycles. The van der Waals surface area contributed by atoms with Gasteiger partial charge in [-0.1, -0.05) is 0 Å². The van der Waals surface area contributed by atoms with Crippen LogP contribution < -0.4 is 10.2 Å². The van der Waals surface area contributed by atoms with E-state index in [-0.39, 0.29) is 0 Å². The van der Waals surface area contributed by atoms with Crippen molar-refractivity contribution in [3.8, 4) is 0 Å². The quantitative estimate of drug-likeness (QED) is 0.899. The second-order valence-electron chi connectivity index (χ2n) is 4.45. The van der Waals surface area contributed by atoms with Crippen molar-refractivity contribution in [3.63, 3.8) is 0 Å². The van der Waals surface area contributed by atoms with Gasteiger partial charge >= 0.3 is 6.09 Å². The van der Waals surface area contributed by atoms with Crippen molar-refractivity contribution in [2.24, 2.45) is 5.92 Å². The number of aromatic nitrogens is 1. The van der Waals surface area contributed by atoms with Crippen LogP contribution in [0.4, 0.5) is 10.6 Å². The Morgan fingerprint density at radius 3 is 2.78 bits per heavy atom. The van der Waals surface area contributed by atoms with E-state index >= 15 is 0 Å². The molecule has 1 amide bonds. The van der Waals surface area contributed by atoms with E-state index in [2.05, 4.69) is 31.1 Å². The number of carboxylic acid groups (broad SMARTS) is 1. The Kier molecular flexibility index (Phi) is 4.41. The number of nitrogens with one attached hydrogen (secondary N) is 1. The lowest BCUT2D eigenvalue weighted by atomic mass is 9.97. The first-order valence-electron chi connectivity index (χ1n) is 5.98. The molecule has 0 unspecified atom stereocenters. The summed E-state index contributed by atoms with van der Waals surface area (Å²) in [6.45, 7) is 2.41. The minimum atomic E-state index is -0.938. The number of halogens is 1. The predicted octanol–water partition coefficient (Wildman–Crippen LogP) is 2.33. The molecule has 0 radical (unpaired) electrons. The van der Waals surface area contributed by atoms with E-state index in [1.165, 1.54) is 0 Å². The molecule has 0 aliphatic carbocycles. The fourth-order valence-corrected chi connectivity index (χ4v) is 2.39. The molecule has 98 valence electrons. The standard InChI is InChI=1S/C12H16BrN3O2/c13-10-1-2-11(14-8-10)16-5-3-9(4-6-16)7-15-12(17)18/h1-2,8-9,15H,3-7H2,(H,17,18). The number of rotatable bonds is 3. The van der Waals surface area contributed by atoms with E-state index in [9.17, 15) is 4.79 Å². The average molecular weight is 314 g/mol. The van der Waals surface area contributed by atoms with Gasteiger partial charge in [-0.15, -0.1) is 0 Å². The maximum Gasteiger partial charge on any atom is 0.404 e. The number of carbonyl (C=O) groups is 1. The van der Waals surface area contributed by atoms with Crippen LogP contribution in [0.2, 0.25) is 0 Å². The fraction of sp³-hybridized carbons (Fsp3) is 0.500. The number of piperidine rings is 1. The molecule has 6 heteroatoms. The summed E-state index contributed by atoms with van der Waals surface area (Å²) in [7, 11) is 0. The molecule has 2 rings (SSSR count). The van der Waals surface area contributed by atoms with Gasteiger partial charge in [0.1, 0.15) is 5.82 Å². The van der Waals surface area contributed by atoms with Crippen molar-refractivity contribution in [3.05, 3.63) is 22.8 Å². The molecule has 0 spiro atoms. The Labute approximate surface area is 114 Å². The zero-order valence-corrected chi connectivity index (χ0v) is 11.6. The second kappa shape index (κ2) is 6.04. The monoisotopic (exact) mass is 313 g/mol. The van der Waals surface area contributed by atoms with Gasteiger partial charge in [0.15, 0.2) is 0 Å². The summed E-state index contributed by atoms with van der Waals surface area (Å²) >= 11 is 3.37. The van der Waals surface area contributed by atoms with Crippen molar-refractivity contribution < 1.29 is 9.90 Å². The van der Waals surface area contributed by atoms with Crippen LogP contribution in [-0.4, -0.2) is 35.8 Å². The van der Waals surface area contributed by atoms with Crippen molar-refractivity contribution in [2.75, 3.05) is 24.5 Å². The van der Waals surface area contributed by atoms with Gasteiger partial charge in [0.05, 0.1) is 0 Å². The maximum atomic E-state index is 10.4. The van der Waals surface area contributed by atoms with E-state index in [0.717, 1.165) is 36.2 Å². The maximum absolute atomic E-state index is 10.4. The lowest BCUT2D eigenvalue weighted by Crippen LogP contribution is -2.38. The molecular formula is C12H16BrN3O2. The number of pyridine rings is 1. The first kappa shape index (κ1) is 13.1. The smallest absolute Gasteiger partial charge is 0.404 e. The number of nitrogens with zero attached hydrogens (tertiary/aromatic N) is 2. The molecule has 1 aliphatic rings. The first-order valence-corrected chi connectivity index (χ1v) is 6.78. The lowest BCUT2D eigenvalue weighted by Gasteiger charge is -2.32. The molecule has 1 aromatic rings. The van der Waals surface area contributed by atoms with Crippen LogP contribution in [-0.2, 0) is 0 Å². The fourth-order valence-electron chi connectivity index (χ4n) is 2.15. The van der Waals surface area contributed by atoms with Crippen LogP contribution in [0.3, 0.4) is 0 Å². The normalized spacial score (nSPS) is 16.6. The number of amides is 1. The third-order valence-electron chi connectivity index (χ3n) is 3.19. The first-order chi connectivity index (χ1) is 8.65. The van der Waals surface area contributed by atoms with Crippen molar-refractivity contribution in [1.82, 2.24) is 10.3 Å². The molecule has 0 atom stereocenters. The summed E-state index contributed by atoms with van der Waals surface area (Å²) in [6, 6.07) is 3.99.